The molecule has 0 aromatic heterocycles. The van der Waals surface area contributed by atoms with Gasteiger partial charge in [-0.2, -0.15) is 5.26 Å². The Morgan fingerprint density at radius 2 is 2.33 bits per heavy atom. The Morgan fingerprint density at radius 1 is 1.56 bits per heavy atom. The minimum absolute atomic E-state index is 0.0130. The molecule has 1 fully saturated rings. The fraction of sp³-hybridized carbons (Fsp3) is 0.308. The number of hydrogen-bond acceptors (Lipinski definition) is 3. The highest BCUT2D eigenvalue weighted by atomic mass is 16.2. The first kappa shape index (κ1) is 12.1. The number of benzene rings is 1. The van der Waals surface area contributed by atoms with E-state index in [1.807, 2.05) is 6.07 Å². The van der Waals surface area contributed by atoms with Crippen LogP contribution in [0, 0.1) is 11.3 Å². The fourth-order valence-corrected chi connectivity index (χ4v) is 2.00. The Labute approximate surface area is 105 Å². The molecule has 0 spiro atoms. The first-order chi connectivity index (χ1) is 8.61. The second-order valence-corrected chi connectivity index (χ2v) is 4.24. The molecular weight excluding hydrogens is 230 g/mol. The number of likely N-dealkylation sites (tertiary alicyclic amines) is 1. The van der Waals surface area contributed by atoms with Crippen LogP contribution in [0.3, 0.4) is 0 Å². The molecule has 1 aromatic carbocycles. The predicted octanol–water partition coefficient (Wildman–Crippen LogP) is 1.12. The van der Waals surface area contributed by atoms with Gasteiger partial charge in [0.05, 0.1) is 11.6 Å². The molecule has 0 aliphatic carbocycles. The minimum Gasteiger partial charge on any atom is -0.334 e. The first-order valence-electron chi connectivity index (χ1n) is 5.68. The monoisotopic (exact) mass is 243 g/mol. The van der Waals surface area contributed by atoms with Crippen LogP contribution in [0.15, 0.2) is 24.3 Å². The van der Waals surface area contributed by atoms with Crippen LogP contribution in [-0.4, -0.2) is 29.8 Å². The first-order valence-corrected chi connectivity index (χ1v) is 5.68. The van der Waals surface area contributed by atoms with Gasteiger partial charge in [0, 0.05) is 19.2 Å². The lowest BCUT2D eigenvalue weighted by molar-refractivity contribution is -0.131. The Morgan fingerprint density at radius 3 is 2.94 bits per heavy atom. The van der Waals surface area contributed by atoms with Crippen LogP contribution in [0.5, 0.6) is 0 Å². The molecule has 0 bridgehead atoms. The van der Waals surface area contributed by atoms with Gasteiger partial charge in [-0.05, 0) is 24.6 Å². The molecule has 92 valence electrons. The summed E-state index contributed by atoms with van der Waals surface area (Å²) >= 11 is 0. The average Bonchev–Trinajstić information content (AvgIpc) is 2.70. The predicted molar refractivity (Wildman–Crippen MR) is 65.6 cm³/mol. The van der Waals surface area contributed by atoms with Crippen molar-refractivity contribution in [3.8, 4) is 6.07 Å². The molecule has 1 saturated heterocycles. The van der Waals surface area contributed by atoms with Crippen LogP contribution in [0.2, 0.25) is 0 Å². The van der Waals surface area contributed by atoms with Gasteiger partial charge < -0.3 is 10.2 Å². The molecule has 1 aliphatic rings. The van der Waals surface area contributed by atoms with E-state index in [0.29, 0.717) is 24.1 Å². The molecule has 5 nitrogen and oxygen atoms in total. The second kappa shape index (κ2) is 4.88. The summed E-state index contributed by atoms with van der Waals surface area (Å²) in [6.45, 7) is 0. The highest BCUT2D eigenvalue weighted by Gasteiger charge is 2.33. The lowest BCUT2D eigenvalue weighted by Crippen LogP contribution is -2.38. The highest BCUT2D eigenvalue weighted by molar-refractivity contribution is 5.98. The average molecular weight is 243 g/mol. The van der Waals surface area contributed by atoms with Gasteiger partial charge in [-0.15, -0.1) is 0 Å². The summed E-state index contributed by atoms with van der Waals surface area (Å²) in [4.78, 5) is 24.8. The van der Waals surface area contributed by atoms with Crippen LogP contribution < -0.4 is 5.32 Å². The molecule has 0 saturated carbocycles. The van der Waals surface area contributed by atoms with Crippen molar-refractivity contribution >= 4 is 17.5 Å². The van der Waals surface area contributed by atoms with E-state index >= 15 is 0 Å². The topological polar surface area (TPSA) is 73.2 Å². The summed E-state index contributed by atoms with van der Waals surface area (Å²) in [7, 11) is 1.63. The molecule has 1 unspecified atom stereocenters. The van der Waals surface area contributed by atoms with Gasteiger partial charge in [0.2, 0.25) is 11.8 Å². The van der Waals surface area contributed by atoms with E-state index < -0.39 is 6.04 Å². The normalized spacial score (nSPS) is 18.6. The quantitative estimate of drug-likeness (QED) is 0.845. The van der Waals surface area contributed by atoms with E-state index in [9.17, 15) is 9.59 Å². The van der Waals surface area contributed by atoms with Crippen molar-refractivity contribution in [1.29, 1.82) is 5.26 Å². The number of amides is 2. The smallest absolute Gasteiger partial charge is 0.247 e. The number of nitrogens with zero attached hydrogens (tertiary/aromatic N) is 2. The minimum atomic E-state index is -0.414. The Balaban J connectivity index is 2.08. The van der Waals surface area contributed by atoms with Crippen molar-refractivity contribution in [2.75, 3.05) is 12.4 Å². The maximum atomic E-state index is 12.0. The Bertz CT molecular complexity index is 533. The van der Waals surface area contributed by atoms with Gasteiger partial charge in [0.15, 0.2) is 0 Å². The Hall–Kier alpha value is -2.35. The molecule has 1 aromatic rings. The molecule has 1 atom stereocenters. The molecule has 1 N–H and O–H groups in total. The molecule has 2 rings (SSSR count). The van der Waals surface area contributed by atoms with Crippen LogP contribution >= 0.6 is 0 Å². The number of rotatable bonds is 2. The fourth-order valence-electron chi connectivity index (χ4n) is 2.00. The zero-order valence-corrected chi connectivity index (χ0v) is 10.0. The number of nitrogens with one attached hydrogen (secondary N) is 1. The summed E-state index contributed by atoms with van der Waals surface area (Å²) < 4.78 is 0. The standard InChI is InChI=1S/C13H13N3O2/c1-16-11(5-6-12(16)17)13(18)15-10-4-2-3-9(7-10)8-14/h2-4,7,11H,5-6H2,1H3,(H,15,18). The van der Waals surface area contributed by atoms with Crippen LogP contribution in [0.1, 0.15) is 18.4 Å². The van der Waals surface area contributed by atoms with Crippen LogP contribution in [-0.2, 0) is 9.59 Å². The summed E-state index contributed by atoms with van der Waals surface area (Å²) in [6, 6.07) is 8.29. The molecule has 2 amide bonds. The van der Waals surface area contributed by atoms with Crippen LogP contribution in [0.25, 0.3) is 0 Å². The third-order valence-electron chi connectivity index (χ3n) is 3.05. The SMILES string of the molecule is CN1C(=O)CCC1C(=O)Nc1cccc(C#N)c1. The maximum absolute atomic E-state index is 12.0. The molecular formula is C13H13N3O2. The van der Waals surface area contributed by atoms with Crippen molar-refractivity contribution in [1.82, 2.24) is 4.90 Å². The molecule has 1 aliphatic heterocycles. The van der Waals surface area contributed by atoms with Crippen molar-refractivity contribution in [2.24, 2.45) is 0 Å². The van der Waals surface area contributed by atoms with Gasteiger partial charge in [0.25, 0.3) is 0 Å². The summed E-state index contributed by atoms with van der Waals surface area (Å²) in [5.41, 5.74) is 1.07. The number of carbonyl (C=O) groups is 2. The number of hydrogen-bond donors (Lipinski definition) is 1. The summed E-state index contributed by atoms with van der Waals surface area (Å²) in [5.74, 6) is -0.223. The summed E-state index contributed by atoms with van der Waals surface area (Å²) in [5, 5.41) is 11.5. The van der Waals surface area contributed by atoms with E-state index in [4.69, 9.17) is 5.26 Å². The van der Waals surface area contributed by atoms with Crippen molar-refractivity contribution in [3.63, 3.8) is 0 Å². The van der Waals surface area contributed by atoms with Gasteiger partial charge in [-0.25, -0.2) is 0 Å². The van der Waals surface area contributed by atoms with E-state index in [1.54, 1.807) is 31.3 Å². The van der Waals surface area contributed by atoms with Gasteiger partial charge in [0.1, 0.15) is 6.04 Å². The highest BCUT2D eigenvalue weighted by Crippen LogP contribution is 2.18. The second-order valence-electron chi connectivity index (χ2n) is 4.24. The third-order valence-corrected chi connectivity index (χ3v) is 3.05. The number of likely N-dealkylation sites (N-methyl/N-ethyl adjacent to an activating group) is 1. The lowest BCUT2D eigenvalue weighted by atomic mass is 10.2. The zero-order valence-electron chi connectivity index (χ0n) is 10.0. The number of anilines is 1. The Kier molecular flexibility index (Phi) is 3.28. The zero-order chi connectivity index (χ0) is 13.1. The van der Waals surface area contributed by atoms with E-state index in [-0.39, 0.29) is 11.8 Å². The van der Waals surface area contributed by atoms with E-state index in [0.717, 1.165) is 0 Å². The van der Waals surface area contributed by atoms with Crippen LogP contribution in [0.4, 0.5) is 5.69 Å². The van der Waals surface area contributed by atoms with Gasteiger partial charge in [-0.3, -0.25) is 9.59 Å². The van der Waals surface area contributed by atoms with E-state index in [1.165, 1.54) is 4.90 Å². The summed E-state index contributed by atoms with van der Waals surface area (Å²) in [6.07, 6.45) is 0.950. The van der Waals surface area contributed by atoms with Gasteiger partial charge in [-0.1, -0.05) is 6.07 Å². The number of nitriles is 1. The maximum Gasteiger partial charge on any atom is 0.247 e. The van der Waals surface area contributed by atoms with E-state index in [2.05, 4.69) is 5.32 Å². The lowest BCUT2D eigenvalue weighted by Gasteiger charge is -2.19. The largest absolute Gasteiger partial charge is 0.334 e. The molecule has 1 heterocycles. The van der Waals surface area contributed by atoms with Gasteiger partial charge >= 0.3 is 0 Å². The van der Waals surface area contributed by atoms with Crippen molar-refractivity contribution < 1.29 is 9.59 Å². The van der Waals surface area contributed by atoms with Crippen molar-refractivity contribution in [3.05, 3.63) is 29.8 Å². The molecule has 18 heavy (non-hydrogen) atoms. The van der Waals surface area contributed by atoms with Crippen molar-refractivity contribution in [2.45, 2.75) is 18.9 Å². The number of carbonyl (C=O) groups excluding carboxylic acids is 2. The molecule has 0 radical (unpaired) electrons. The third kappa shape index (κ3) is 2.33. The molecule has 5 heteroatoms.